The maximum Gasteiger partial charge on any atom is 0.353 e. The van der Waals surface area contributed by atoms with Crippen LogP contribution in [0.3, 0.4) is 0 Å². The molecule has 0 saturated heterocycles. The van der Waals surface area contributed by atoms with Crippen LogP contribution in [0.1, 0.15) is 13.3 Å². The smallest absolute Gasteiger partial charge is 0.353 e. The molecule has 0 fully saturated rings. The first-order valence-electron chi connectivity index (χ1n) is 17.5. The van der Waals surface area contributed by atoms with Gasteiger partial charge in [-0.1, -0.05) is 226 Å². The van der Waals surface area contributed by atoms with Crippen LogP contribution in [0.2, 0.25) is 6.04 Å². The van der Waals surface area contributed by atoms with Gasteiger partial charge in [-0.2, -0.15) is 0 Å². The highest BCUT2D eigenvalue weighted by atomic mass is 28.5. The molecule has 0 aromatic heterocycles. The molecule has 0 saturated carbocycles. The van der Waals surface area contributed by atoms with Gasteiger partial charge in [0.05, 0.1) is 0 Å². The van der Waals surface area contributed by atoms with Crippen molar-refractivity contribution in [3.05, 3.63) is 212 Å². The Labute approximate surface area is 300 Å². The van der Waals surface area contributed by atoms with Gasteiger partial charge in [-0.05, 0) is 42.4 Å². The van der Waals surface area contributed by atoms with Gasteiger partial charge in [0.15, 0.2) is 0 Å². The molecule has 0 N–H and O–H groups in total. The standard InChI is InChI=1S/C45H42O2Si3/c1-2-38-48(39-24-10-3-11-25-39,46-49(40-26-12-4-13-27-40,41-28-14-5-15-29-41)42-30-16-6-17-31-42)47-50(43-32-18-7-19-33-43,44-34-20-8-21-35-44)45-36-22-9-23-37-45/h3-37H,2,38H2,1H3. The van der Waals surface area contributed by atoms with Crippen LogP contribution < -0.4 is 36.3 Å². The second-order valence-electron chi connectivity index (χ2n) is 12.6. The lowest BCUT2D eigenvalue weighted by atomic mass is 10.3. The topological polar surface area (TPSA) is 18.5 Å². The monoisotopic (exact) mass is 698 g/mol. The SMILES string of the molecule is CCC[Si](O[Si](c1ccccc1)(c1ccccc1)c1ccccc1)(O[Si](c1ccccc1)(c1ccccc1)c1ccccc1)c1ccccc1. The molecule has 0 unspecified atom stereocenters. The summed E-state index contributed by atoms with van der Waals surface area (Å²) >= 11 is 0. The van der Waals surface area contributed by atoms with Gasteiger partial charge in [0.25, 0.3) is 16.6 Å². The van der Waals surface area contributed by atoms with Crippen LogP contribution in [0, 0.1) is 0 Å². The van der Waals surface area contributed by atoms with E-state index in [1.165, 1.54) is 31.1 Å². The zero-order valence-electron chi connectivity index (χ0n) is 28.4. The summed E-state index contributed by atoms with van der Waals surface area (Å²) in [6, 6.07) is 77.2. The predicted molar refractivity (Wildman–Crippen MR) is 217 cm³/mol. The quantitative estimate of drug-likeness (QED) is 0.107. The Bertz CT molecular complexity index is 1730. The Morgan fingerprint density at radius 1 is 0.300 bits per heavy atom. The molecule has 0 aliphatic carbocycles. The average Bonchev–Trinajstić information content (AvgIpc) is 3.21. The van der Waals surface area contributed by atoms with E-state index in [-0.39, 0.29) is 0 Å². The summed E-state index contributed by atoms with van der Waals surface area (Å²) in [6.45, 7) is 2.27. The van der Waals surface area contributed by atoms with Crippen molar-refractivity contribution in [3.8, 4) is 0 Å². The maximum absolute atomic E-state index is 8.42. The van der Waals surface area contributed by atoms with Crippen LogP contribution in [-0.2, 0) is 8.23 Å². The Kier molecular flexibility index (Phi) is 10.3. The molecule has 0 aliphatic heterocycles. The molecule has 7 rings (SSSR count). The molecule has 50 heavy (non-hydrogen) atoms. The molecule has 246 valence electrons. The zero-order valence-corrected chi connectivity index (χ0v) is 31.4. The molecule has 7 aromatic carbocycles. The third kappa shape index (κ3) is 6.42. The van der Waals surface area contributed by atoms with Gasteiger partial charge in [-0.3, -0.25) is 0 Å². The lowest BCUT2D eigenvalue weighted by Gasteiger charge is -2.47. The normalized spacial score (nSPS) is 12.0. The first kappa shape index (κ1) is 33.6. The van der Waals surface area contributed by atoms with Gasteiger partial charge in [0, 0.05) is 0 Å². The second kappa shape index (κ2) is 15.3. The Balaban J connectivity index is 1.59. The molecule has 5 heteroatoms. The summed E-state index contributed by atoms with van der Waals surface area (Å²) in [5, 5.41) is 8.38. The lowest BCUT2D eigenvalue weighted by Crippen LogP contribution is -2.80. The Hall–Kier alpha value is -4.89. The molecule has 2 nitrogen and oxygen atoms in total. The third-order valence-electron chi connectivity index (χ3n) is 9.51. The maximum atomic E-state index is 8.42. The molecule has 0 aliphatic rings. The summed E-state index contributed by atoms with van der Waals surface area (Å²) in [6.07, 6.45) is 0.910. The van der Waals surface area contributed by atoms with Crippen molar-refractivity contribution >= 4 is 61.5 Å². The summed E-state index contributed by atoms with van der Waals surface area (Å²) < 4.78 is 16.8. The molecule has 0 heterocycles. The molecular formula is C45H42O2Si3. The first-order valence-corrected chi connectivity index (χ1v) is 23.3. The predicted octanol–water partition coefficient (Wildman–Crippen LogP) is 6.11. The van der Waals surface area contributed by atoms with E-state index in [2.05, 4.69) is 219 Å². The molecule has 0 radical (unpaired) electrons. The highest BCUT2D eigenvalue weighted by molar-refractivity contribution is 7.15. The van der Waals surface area contributed by atoms with Crippen LogP contribution in [0.25, 0.3) is 0 Å². The van der Waals surface area contributed by atoms with E-state index in [4.69, 9.17) is 8.23 Å². The fraction of sp³-hybridized carbons (Fsp3) is 0.0667. The van der Waals surface area contributed by atoms with Gasteiger partial charge in [-0.15, -0.1) is 0 Å². The van der Waals surface area contributed by atoms with Crippen molar-refractivity contribution in [2.45, 2.75) is 19.4 Å². The highest BCUT2D eigenvalue weighted by Crippen LogP contribution is 2.27. The van der Waals surface area contributed by atoms with E-state index in [1.54, 1.807) is 0 Å². The van der Waals surface area contributed by atoms with Crippen molar-refractivity contribution in [1.82, 2.24) is 0 Å². The van der Waals surface area contributed by atoms with Gasteiger partial charge in [-0.25, -0.2) is 0 Å². The van der Waals surface area contributed by atoms with E-state index in [9.17, 15) is 0 Å². The molecule has 0 spiro atoms. The minimum absolute atomic E-state index is 0.791. The van der Waals surface area contributed by atoms with Gasteiger partial charge >= 0.3 is 8.56 Å². The lowest BCUT2D eigenvalue weighted by molar-refractivity contribution is 0.407. The number of benzene rings is 7. The van der Waals surface area contributed by atoms with Crippen molar-refractivity contribution in [1.29, 1.82) is 0 Å². The van der Waals surface area contributed by atoms with Crippen molar-refractivity contribution < 1.29 is 8.23 Å². The van der Waals surface area contributed by atoms with E-state index in [0.29, 0.717) is 0 Å². The highest BCUT2D eigenvalue weighted by Gasteiger charge is 2.57. The van der Waals surface area contributed by atoms with E-state index >= 15 is 0 Å². The van der Waals surface area contributed by atoms with Crippen molar-refractivity contribution in [2.75, 3.05) is 0 Å². The third-order valence-corrected chi connectivity index (χ3v) is 23.8. The van der Waals surface area contributed by atoms with E-state index in [1.807, 2.05) is 0 Å². The van der Waals surface area contributed by atoms with Crippen molar-refractivity contribution in [3.63, 3.8) is 0 Å². The number of hydrogen-bond donors (Lipinski definition) is 0. The zero-order chi connectivity index (χ0) is 34.1. The number of hydrogen-bond acceptors (Lipinski definition) is 2. The van der Waals surface area contributed by atoms with Crippen LogP contribution in [-0.4, -0.2) is 25.2 Å². The molecular weight excluding hydrogens is 657 g/mol. The number of rotatable bonds is 13. The second-order valence-corrected chi connectivity index (χ2v) is 23.0. The van der Waals surface area contributed by atoms with E-state index < -0.39 is 25.2 Å². The Morgan fingerprint density at radius 3 is 0.700 bits per heavy atom. The molecule has 7 aromatic rings. The van der Waals surface area contributed by atoms with Crippen LogP contribution >= 0.6 is 0 Å². The molecule has 0 amide bonds. The average molecular weight is 699 g/mol. The fourth-order valence-corrected chi connectivity index (χ4v) is 24.0. The largest absolute Gasteiger partial charge is 0.422 e. The van der Waals surface area contributed by atoms with Crippen molar-refractivity contribution in [2.24, 2.45) is 0 Å². The van der Waals surface area contributed by atoms with Crippen LogP contribution in [0.15, 0.2) is 212 Å². The minimum Gasteiger partial charge on any atom is -0.422 e. The minimum atomic E-state index is -3.42. The van der Waals surface area contributed by atoms with Gasteiger partial charge in [0.1, 0.15) is 0 Å². The fourth-order valence-electron chi connectivity index (χ4n) is 7.29. The molecule has 0 bridgehead atoms. The van der Waals surface area contributed by atoms with Crippen LogP contribution in [0.4, 0.5) is 0 Å². The Morgan fingerprint density at radius 2 is 0.500 bits per heavy atom. The summed E-state index contributed by atoms with van der Waals surface area (Å²) in [7, 11) is -9.86. The first-order chi connectivity index (χ1) is 24.7. The molecule has 0 atom stereocenters. The van der Waals surface area contributed by atoms with Gasteiger partial charge in [0.2, 0.25) is 0 Å². The summed E-state index contributed by atoms with van der Waals surface area (Å²) in [5.74, 6) is 0. The van der Waals surface area contributed by atoms with Gasteiger partial charge < -0.3 is 8.23 Å². The summed E-state index contributed by atoms with van der Waals surface area (Å²) in [5.41, 5.74) is 0. The summed E-state index contributed by atoms with van der Waals surface area (Å²) in [4.78, 5) is 0. The van der Waals surface area contributed by atoms with Crippen LogP contribution in [0.5, 0.6) is 0 Å². The van der Waals surface area contributed by atoms with E-state index in [0.717, 1.165) is 17.7 Å².